The minimum atomic E-state index is 0.445. The first-order chi connectivity index (χ1) is 6.77. The van der Waals surface area contributed by atoms with Crippen molar-refractivity contribution in [2.45, 2.75) is 20.8 Å². The molecule has 14 heavy (non-hydrogen) atoms. The quantitative estimate of drug-likeness (QED) is 0.348. The molecule has 0 aromatic heterocycles. The van der Waals surface area contributed by atoms with Gasteiger partial charge in [0.25, 0.3) is 0 Å². The van der Waals surface area contributed by atoms with Crippen LogP contribution in [0.1, 0.15) is 20.8 Å². The predicted octanol–water partition coefficient (Wildman–Crippen LogP) is 1.27. The van der Waals surface area contributed by atoms with Crippen LogP contribution in [0.5, 0.6) is 0 Å². The number of hydrogen-bond donors (Lipinski definition) is 1. The van der Waals surface area contributed by atoms with Crippen LogP contribution >= 0.6 is 0 Å². The summed E-state index contributed by atoms with van der Waals surface area (Å²) in [5, 5.41) is 6.99. The lowest BCUT2D eigenvalue weighted by Gasteiger charge is -2.03. The van der Waals surface area contributed by atoms with E-state index >= 15 is 0 Å². The molecular weight excluding hydrogens is 180 g/mol. The van der Waals surface area contributed by atoms with Gasteiger partial charge in [-0.25, -0.2) is 0 Å². The van der Waals surface area contributed by atoms with Gasteiger partial charge in [-0.3, -0.25) is 0 Å². The summed E-state index contributed by atoms with van der Waals surface area (Å²) in [6, 6.07) is 0. The fraction of sp³-hybridized carbons (Fsp3) is 0.900. The SMILES string of the molecule is CCOCCNCCO/N=C/C(C)C. The molecule has 0 atom stereocenters. The Kier molecular flexibility index (Phi) is 10.0. The fourth-order valence-electron chi connectivity index (χ4n) is 0.749. The summed E-state index contributed by atoms with van der Waals surface area (Å²) in [4.78, 5) is 5.02. The van der Waals surface area contributed by atoms with Crippen LogP contribution in [-0.2, 0) is 9.57 Å². The maximum atomic E-state index is 5.16. The molecular formula is C10H22N2O2. The molecule has 0 rings (SSSR count). The summed E-state index contributed by atoms with van der Waals surface area (Å²) in [5.74, 6) is 0.445. The van der Waals surface area contributed by atoms with Gasteiger partial charge in [0.2, 0.25) is 0 Å². The molecule has 0 spiro atoms. The van der Waals surface area contributed by atoms with Crippen molar-refractivity contribution >= 4 is 6.21 Å². The summed E-state index contributed by atoms with van der Waals surface area (Å²) in [6.45, 7) is 9.93. The average Bonchev–Trinajstić information content (AvgIpc) is 2.15. The highest BCUT2D eigenvalue weighted by molar-refractivity contribution is 5.58. The Balaban J connectivity index is 2.99. The van der Waals surface area contributed by atoms with Gasteiger partial charge in [0, 0.05) is 25.9 Å². The summed E-state index contributed by atoms with van der Waals surface area (Å²) in [5.41, 5.74) is 0. The van der Waals surface area contributed by atoms with Gasteiger partial charge in [-0.1, -0.05) is 19.0 Å². The van der Waals surface area contributed by atoms with Crippen molar-refractivity contribution < 1.29 is 9.57 Å². The second-order valence-corrected chi connectivity index (χ2v) is 3.28. The Labute approximate surface area is 86.7 Å². The van der Waals surface area contributed by atoms with E-state index in [-0.39, 0.29) is 0 Å². The summed E-state index contributed by atoms with van der Waals surface area (Å²) in [7, 11) is 0. The first-order valence-corrected chi connectivity index (χ1v) is 5.21. The average molecular weight is 202 g/mol. The molecule has 0 radical (unpaired) electrons. The molecule has 0 amide bonds. The first-order valence-electron chi connectivity index (χ1n) is 5.21. The van der Waals surface area contributed by atoms with Crippen molar-refractivity contribution in [2.75, 3.05) is 32.9 Å². The number of oxime groups is 1. The predicted molar refractivity (Wildman–Crippen MR) is 58.6 cm³/mol. The highest BCUT2D eigenvalue weighted by Crippen LogP contribution is 1.85. The van der Waals surface area contributed by atoms with Crippen LogP contribution in [-0.4, -0.2) is 39.1 Å². The molecule has 0 saturated carbocycles. The maximum Gasteiger partial charge on any atom is 0.129 e. The van der Waals surface area contributed by atoms with Gasteiger partial charge in [0.15, 0.2) is 0 Å². The minimum absolute atomic E-state index is 0.445. The van der Waals surface area contributed by atoms with E-state index in [0.29, 0.717) is 12.5 Å². The zero-order chi connectivity index (χ0) is 10.6. The van der Waals surface area contributed by atoms with Crippen LogP contribution in [0.25, 0.3) is 0 Å². The Hall–Kier alpha value is -0.610. The molecule has 0 saturated heterocycles. The van der Waals surface area contributed by atoms with Crippen LogP contribution in [0.15, 0.2) is 5.16 Å². The van der Waals surface area contributed by atoms with Gasteiger partial charge >= 0.3 is 0 Å². The number of nitrogens with one attached hydrogen (secondary N) is 1. The van der Waals surface area contributed by atoms with E-state index in [1.165, 1.54) is 0 Å². The van der Waals surface area contributed by atoms with E-state index < -0.39 is 0 Å². The van der Waals surface area contributed by atoms with Gasteiger partial charge in [-0.2, -0.15) is 0 Å². The molecule has 0 aliphatic rings. The molecule has 0 aliphatic heterocycles. The topological polar surface area (TPSA) is 42.8 Å². The third-order valence-corrected chi connectivity index (χ3v) is 1.43. The van der Waals surface area contributed by atoms with Gasteiger partial charge in [0.05, 0.1) is 6.61 Å². The Morgan fingerprint density at radius 3 is 2.64 bits per heavy atom. The molecule has 0 fully saturated rings. The largest absolute Gasteiger partial charge is 0.395 e. The molecule has 1 N–H and O–H groups in total. The standard InChI is InChI=1S/C10H22N2O2/c1-4-13-7-5-11-6-8-14-12-9-10(2)3/h9-11H,4-8H2,1-3H3/b12-9+. The van der Waals surface area contributed by atoms with Crippen molar-refractivity contribution in [1.29, 1.82) is 0 Å². The first kappa shape index (κ1) is 13.4. The fourth-order valence-corrected chi connectivity index (χ4v) is 0.749. The van der Waals surface area contributed by atoms with Crippen LogP contribution in [0, 0.1) is 5.92 Å². The lowest BCUT2D eigenvalue weighted by molar-refractivity contribution is 0.132. The summed E-state index contributed by atoms with van der Waals surface area (Å²) in [6.07, 6.45) is 1.79. The third kappa shape index (κ3) is 11.4. The summed E-state index contributed by atoms with van der Waals surface area (Å²) >= 11 is 0. The Morgan fingerprint density at radius 1 is 1.29 bits per heavy atom. The number of hydrogen-bond acceptors (Lipinski definition) is 4. The molecule has 0 heterocycles. The van der Waals surface area contributed by atoms with E-state index in [2.05, 4.69) is 24.3 Å². The number of nitrogens with zero attached hydrogens (tertiary/aromatic N) is 1. The Bertz CT molecular complexity index is 138. The van der Waals surface area contributed by atoms with Crippen LogP contribution < -0.4 is 5.32 Å². The molecule has 84 valence electrons. The van der Waals surface area contributed by atoms with E-state index in [4.69, 9.17) is 9.57 Å². The van der Waals surface area contributed by atoms with Crippen molar-refractivity contribution in [2.24, 2.45) is 11.1 Å². The van der Waals surface area contributed by atoms with Crippen molar-refractivity contribution in [3.05, 3.63) is 0 Å². The molecule has 0 unspecified atom stereocenters. The zero-order valence-electron chi connectivity index (χ0n) is 9.45. The maximum absolute atomic E-state index is 5.16. The Morgan fingerprint density at radius 2 is 2.00 bits per heavy atom. The third-order valence-electron chi connectivity index (χ3n) is 1.43. The summed E-state index contributed by atoms with van der Waals surface area (Å²) < 4.78 is 5.16. The van der Waals surface area contributed by atoms with Crippen molar-refractivity contribution in [3.8, 4) is 0 Å². The van der Waals surface area contributed by atoms with Crippen molar-refractivity contribution in [1.82, 2.24) is 5.32 Å². The number of ether oxygens (including phenoxy) is 1. The van der Waals surface area contributed by atoms with Crippen LogP contribution in [0.2, 0.25) is 0 Å². The second-order valence-electron chi connectivity index (χ2n) is 3.28. The molecule has 4 nitrogen and oxygen atoms in total. The van der Waals surface area contributed by atoms with Crippen LogP contribution in [0.3, 0.4) is 0 Å². The minimum Gasteiger partial charge on any atom is -0.395 e. The zero-order valence-corrected chi connectivity index (χ0v) is 9.45. The second kappa shape index (κ2) is 10.5. The van der Waals surface area contributed by atoms with Gasteiger partial charge < -0.3 is 14.9 Å². The molecule has 0 aromatic carbocycles. The molecule has 0 aliphatic carbocycles. The van der Waals surface area contributed by atoms with Gasteiger partial charge in [-0.15, -0.1) is 0 Å². The molecule has 0 aromatic rings. The van der Waals surface area contributed by atoms with E-state index in [1.54, 1.807) is 6.21 Å². The molecule has 4 heteroatoms. The van der Waals surface area contributed by atoms with Gasteiger partial charge in [-0.05, 0) is 12.8 Å². The number of rotatable bonds is 9. The smallest absolute Gasteiger partial charge is 0.129 e. The normalized spacial score (nSPS) is 11.4. The van der Waals surface area contributed by atoms with E-state index in [0.717, 1.165) is 26.3 Å². The van der Waals surface area contributed by atoms with Gasteiger partial charge in [0.1, 0.15) is 6.61 Å². The van der Waals surface area contributed by atoms with E-state index in [9.17, 15) is 0 Å². The lowest BCUT2D eigenvalue weighted by Crippen LogP contribution is -2.23. The lowest BCUT2D eigenvalue weighted by atomic mass is 10.3. The van der Waals surface area contributed by atoms with Crippen LogP contribution in [0.4, 0.5) is 0 Å². The highest BCUT2D eigenvalue weighted by atomic mass is 16.6. The highest BCUT2D eigenvalue weighted by Gasteiger charge is 1.88. The molecule has 0 bridgehead atoms. The monoisotopic (exact) mass is 202 g/mol. The van der Waals surface area contributed by atoms with E-state index in [1.807, 2.05) is 6.92 Å². The van der Waals surface area contributed by atoms with Crippen molar-refractivity contribution in [3.63, 3.8) is 0 Å².